The highest BCUT2D eigenvalue weighted by Gasteiger charge is 2.33. The highest BCUT2D eigenvalue weighted by atomic mass is 19.1. The van der Waals surface area contributed by atoms with Crippen molar-refractivity contribution in [2.75, 3.05) is 13.7 Å². The third kappa shape index (κ3) is 2.57. The van der Waals surface area contributed by atoms with E-state index in [1.807, 2.05) is 13.8 Å². The summed E-state index contributed by atoms with van der Waals surface area (Å²) in [6.45, 7) is 4.57. The molecule has 0 radical (unpaired) electrons. The minimum Gasteiger partial charge on any atom is -0.384 e. The third-order valence-corrected chi connectivity index (χ3v) is 3.09. The smallest absolute Gasteiger partial charge is 0.141 e. The zero-order chi connectivity index (χ0) is 12.2. The fourth-order valence-corrected chi connectivity index (χ4v) is 1.83. The van der Waals surface area contributed by atoms with E-state index in [4.69, 9.17) is 10.5 Å². The zero-order valence-electron chi connectivity index (χ0n) is 10.0. The first-order valence-electron chi connectivity index (χ1n) is 5.44. The average Bonchev–Trinajstić information content (AvgIpc) is 2.29. The number of ether oxygens (including phenoxy) is 1. The van der Waals surface area contributed by atoms with Crippen LogP contribution >= 0.6 is 0 Å². The van der Waals surface area contributed by atoms with Gasteiger partial charge in [0.25, 0.3) is 0 Å². The summed E-state index contributed by atoms with van der Waals surface area (Å²) in [6, 6.07) is 3.03. The van der Waals surface area contributed by atoms with E-state index < -0.39 is 5.54 Å². The molecule has 16 heavy (non-hydrogen) atoms. The van der Waals surface area contributed by atoms with Crippen LogP contribution in [0, 0.1) is 11.7 Å². The SMILES string of the molecule is CCC(N)(c1ccc(F)cn1)C(C)COC. The molecule has 0 fully saturated rings. The first kappa shape index (κ1) is 13.1. The van der Waals surface area contributed by atoms with Gasteiger partial charge in [-0.1, -0.05) is 13.8 Å². The van der Waals surface area contributed by atoms with Crippen LogP contribution in [0.3, 0.4) is 0 Å². The first-order valence-corrected chi connectivity index (χ1v) is 5.44. The quantitative estimate of drug-likeness (QED) is 0.836. The maximum Gasteiger partial charge on any atom is 0.141 e. The molecule has 4 heteroatoms. The Morgan fingerprint density at radius 2 is 2.25 bits per heavy atom. The Morgan fingerprint density at radius 3 is 2.69 bits per heavy atom. The lowest BCUT2D eigenvalue weighted by Crippen LogP contribution is -2.45. The van der Waals surface area contributed by atoms with Crippen molar-refractivity contribution < 1.29 is 9.13 Å². The van der Waals surface area contributed by atoms with Crippen molar-refractivity contribution in [3.05, 3.63) is 29.8 Å². The van der Waals surface area contributed by atoms with Crippen LogP contribution < -0.4 is 5.73 Å². The lowest BCUT2D eigenvalue weighted by Gasteiger charge is -2.33. The summed E-state index contributed by atoms with van der Waals surface area (Å²) >= 11 is 0. The lowest BCUT2D eigenvalue weighted by atomic mass is 9.81. The van der Waals surface area contributed by atoms with E-state index in [0.717, 1.165) is 6.42 Å². The largest absolute Gasteiger partial charge is 0.384 e. The Hall–Kier alpha value is -1.00. The molecule has 2 atom stereocenters. The molecular formula is C12H19FN2O. The molecule has 3 nitrogen and oxygen atoms in total. The van der Waals surface area contributed by atoms with Crippen molar-refractivity contribution in [1.82, 2.24) is 4.98 Å². The number of methoxy groups -OCH3 is 1. The van der Waals surface area contributed by atoms with Gasteiger partial charge in [0.1, 0.15) is 5.82 Å². The van der Waals surface area contributed by atoms with E-state index in [0.29, 0.717) is 12.3 Å². The Labute approximate surface area is 95.8 Å². The van der Waals surface area contributed by atoms with Crippen molar-refractivity contribution >= 4 is 0 Å². The number of halogens is 1. The molecule has 0 amide bonds. The molecule has 1 heterocycles. The van der Waals surface area contributed by atoms with Gasteiger partial charge in [-0.05, 0) is 18.6 Å². The molecular weight excluding hydrogens is 207 g/mol. The van der Waals surface area contributed by atoms with Gasteiger partial charge in [-0.15, -0.1) is 0 Å². The third-order valence-electron chi connectivity index (χ3n) is 3.09. The van der Waals surface area contributed by atoms with Crippen LogP contribution in [-0.2, 0) is 10.3 Å². The van der Waals surface area contributed by atoms with Crippen molar-refractivity contribution in [2.45, 2.75) is 25.8 Å². The van der Waals surface area contributed by atoms with Crippen LogP contribution in [0.1, 0.15) is 26.0 Å². The van der Waals surface area contributed by atoms with Crippen LogP contribution in [0.5, 0.6) is 0 Å². The van der Waals surface area contributed by atoms with Crippen LogP contribution in [-0.4, -0.2) is 18.7 Å². The van der Waals surface area contributed by atoms with Crippen molar-refractivity contribution in [3.8, 4) is 0 Å². The van der Waals surface area contributed by atoms with Gasteiger partial charge in [-0.3, -0.25) is 4.98 Å². The molecule has 1 aromatic heterocycles. The Balaban J connectivity index is 2.99. The fraction of sp³-hybridized carbons (Fsp3) is 0.583. The second kappa shape index (κ2) is 5.37. The molecule has 0 spiro atoms. The highest BCUT2D eigenvalue weighted by Crippen LogP contribution is 2.29. The Bertz CT molecular complexity index is 328. The van der Waals surface area contributed by atoms with Gasteiger partial charge in [0.05, 0.1) is 24.0 Å². The van der Waals surface area contributed by atoms with Crippen molar-refractivity contribution in [1.29, 1.82) is 0 Å². The second-order valence-corrected chi connectivity index (χ2v) is 4.11. The van der Waals surface area contributed by atoms with Crippen LogP contribution in [0.4, 0.5) is 4.39 Å². The molecule has 0 aliphatic carbocycles. The highest BCUT2D eigenvalue weighted by molar-refractivity contribution is 5.17. The monoisotopic (exact) mass is 226 g/mol. The molecule has 1 rings (SSSR count). The fourth-order valence-electron chi connectivity index (χ4n) is 1.83. The maximum atomic E-state index is 12.8. The molecule has 2 unspecified atom stereocenters. The van der Waals surface area contributed by atoms with Crippen molar-refractivity contribution in [3.63, 3.8) is 0 Å². The molecule has 0 bridgehead atoms. The maximum absolute atomic E-state index is 12.8. The average molecular weight is 226 g/mol. The van der Waals surface area contributed by atoms with Crippen LogP contribution in [0.25, 0.3) is 0 Å². The number of hydrogen-bond acceptors (Lipinski definition) is 3. The minimum atomic E-state index is -0.566. The molecule has 90 valence electrons. The second-order valence-electron chi connectivity index (χ2n) is 4.11. The summed E-state index contributed by atoms with van der Waals surface area (Å²) < 4.78 is 17.9. The van der Waals surface area contributed by atoms with E-state index in [2.05, 4.69) is 4.98 Å². The van der Waals surface area contributed by atoms with E-state index in [1.54, 1.807) is 13.2 Å². The van der Waals surface area contributed by atoms with Gasteiger partial charge >= 0.3 is 0 Å². The standard InChI is InChI=1S/C12H19FN2O/c1-4-12(14,9(2)8-16-3)11-6-5-10(13)7-15-11/h5-7,9H,4,8,14H2,1-3H3. The van der Waals surface area contributed by atoms with Gasteiger partial charge in [-0.25, -0.2) is 4.39 Å². The molecule has 0 saturated heterocycles. The van der Waals surface area contributed by atoms with Gasteiger partial charge < -0.3 is 10.5 Å². The van der Waals surface area contributed by atoms with Gasteiger partial charge in [0.2, 0.25) is 0 Å². The topological polar surface area (TPSA) is 48.1 Å². The predicted octanol–water partition coefficient (Wildman–Crippen LogP) is 2.07. The van der Waals surface area contributed by atoms with E-state index >= 15 is 0 Å². The molecule has 1 aromatic rings. The molecule has 2 N–H and O–H groups in total. The van der Waals surface area contributed by atoms with E-state index in [-0.39, 0.29) is 11.7 Å². The minimum absolute atomic E-state index is 0.125. The number of aromatic nitrogens is 1. The number of rotatable bonds is 5. The van der Waals surface area contributed by atoms with Gasteiger partial charge in [0.15, 0.2) is 0 Å². The summed E-state index contributed by atoms with van der Waals surface area (Å²) in [7, 11) is 1.64. The lowest BCUT2D eigenvalue weighted by molar-refractivity contribution is 0.110. The van der Waals surface area contributed by atoms with Gasteiger partial charge in [0, 0.05) is 13.0 Å². The van der Waals surface area contributed by atoms with Crippen molar-refractivity contribution in [2.24, 2.45) is 11.7 Å². The van der Waals surface area contributed by atoms with Crippen LogP contribution in [0.15, 0.2) is 18.3 Å². The number of pyridine rings is 1. The summed E-state index contributed by atoms with van der Waals surface area (Å²) in [5.41, 5.74) is 6.48. The normalized spacial score (nSPS) is 16.8. The Kier molecular flexibility index (Phi) is 4.38. The summed E-state index contributed by atoms with van der Waals surface area (Å²) in [5.74, 6) is -0.220. The Morgan fingerprint density at radius 1 is 1.56 bits per heavy atom. The number of nitrogens with zero attached hydrogens (tertiary/aromatic N) is 1. The molecule has 0 aromatic carbocycles. The first-order chi connectivity index (χ1) is 7.54. The summed E-state index contributed by atoms with van der Waals surface area (Å²) in [4.78, 5) is 4.07. The summed E-state index contributed by atoms with van der Waals surface area (Å²) in [5, 5.41) is 0. The van der Waals surface area contributed by atoms with E-state index in [9.17, 15) is 4.39 Å². The molecule has 0 saturated carbocycles. The number of nitrogens with two attached hydrogens (primary N) is 1. The number of hydrogen-bond donors (Lipinski definition) is 1. The van der Waals surface area contributed by atoms with Crippen LogP contribution in [0.2, 0.25) is 0 Å². The zero-order valence-corrected chi connectivity index (χ0v) is 10.0. The van der Waals surface area contributed by atoms with Gasteiger partial charge in [-0.2, -0.15) is 0 Å². The molecule has 0 aliphatic heterocycles. The van der Waals surface area contributed by atoms with E-state index in [1.165, 1.54) is 12.3 Å². The molecule has 0 aliphatic rings. The predicted molar refractivity (Wildman–Crippen MR) is 61.4 cm³/mol. The summed E-state index contributed by atoms with van der Waals surface area (Å²) in [6.07, 6.45) is 1.93.